The number of alkyl halides is 3. The molecule has 1 fully saturated rings. The lowest BCUT2D eigenvalue weighted by molar-refractivity contribution is -0.148. The van der Waals surface area contributed by atoms with Crippen molar-refractivity contribution in [1.29, 1.82) is 0 Å². The molecule has 0 aromatic heterocycles. The molecule has 1 heterocycles. The van der Waals surface area contributed by atoms with Crippen LogP contribution in [0.25, 0.3) is 0 Å². The molecule has 1 aliphatic heterocycles. The first kappa shape index (κ1) is 18.5. The molecule has 1 aliphatic rings. The Morgan fingerprint density at radius 3 is 2.38 bits per heavy atom. The number of nitrogens with one attached hydrogen (secondary N) is 1. The van der Waals surface area contributed by atoms with Crippen LogP contribution in [0, 0.1) is 5.82 Å². The minimum atomic E-state index is -4.28. The van der Waals surface area contributed by atoms with Crippen molar-refractivity contribution in [3.8, 4) is 0 Å². The molecule has 0 amide bonds. The maximum Gasteiger partial charge on any atom is 0.390 e. The van der Waals surface area contributed by atoms with E-state index in [4.69, 9.17) is 11.6 Å². The highest BCUT2D eigenvalue weighted by atomic mass is 35.5. The molecule has 1 aromatic carbocycles. The fourth-order valence-corrected chi connectivity index (χ4v) is 2.58. The lowest BCUT2D eigenvalue weighted by Crippen LogP contribution is -2.46. The van der Waals surface area contributed by atoms with E-state index >= 15 is 0 Å². The van der Waals surface area contributed by atoms with Crippen LogP contribution in [0.1, 0.15) is 18.0 Å². The van der Waals surface area contributed by atoms with Crippen LogP contribution in [0.15, 0.2) is 18.2 Å². The number of piperazine rings is 1. The molecule has 120 valence electrons. The van der Waals surface area contributed by atoms with Crippen molar-refractivity contribution in [3.05, 3.63) is 34.6 Å². The Hall–Kier alpha value is -0.560. The zero-order valence-electron chi connectivity index (χ0n) is 11.1. The second-order valence-electron chi connectivity index (χ2n) is 4.79. The molecule has 0 radical (unpaired) electrons. The van der Waals surface area contributed by atoms with Crippen molar-refractivity contribution >= 4 is 24.0 Å². The van der Waals surface area contributed by atoms with E-state index < -0.39 is 24.5 Å². The van der Waals surface area contributed by atoms with E-state index in [0.717, 1.165) is 6.07 Å². The molecule has 1 N–H and O–H groups in total. The maximum atomic E-state index is 13.2. The first-order chi connectivity index (χ1) is 9.37. The molecule has 2 rings (SSSR count). The van der Waals surface area contributed by atoms with E-state index in [9.17, 15) is 17.6 Å². The first-order valence-electron chi connectivity index (χ1n) is 6.33. The summed E-state index contributed by atoms with van der Waals surface area (Å²) >= 11 is 5.68. The van der Waals surface area contributed by atoms with Gasteiger partial charge in [0.05, 0.1) is 11.4 Å². The van der Waals surface area contributed by atoms with Crippen LogP contribution < -0.4 is 5.32 Å². The second-order valence-corrected chi connectivity index (χ2v) is 5.20. The maximum absolute atomic E-state index is 13.2. The van der Waals surface area contributed by atoms with Gasteiger partial charge in [-0.3, -0.25) is 4.90 Å². The fourth-order valence-electron chi connectivity index (χ4n) is 2.39. The van der Waals surface area contributed by atoms with Gasteiger partial charge < -0.3 is 5.32 Å². The van der Waals surface area contributed by atoms with Gasteiger partial charge in [-0.05, 0) is 17.7 Å². The Balaban J connectivity index is 0.00000220. The highest BCUT2D eigenvalue weighted by Gasteiger charge is 2.36. The van der Waals surface area contributed by atoms with Gasteiger partial charge in [0, 0.05) is 32.2 Å². The molecule has 1 aromatic rings. The van der Waals surface area contributed by atoms with Crippen LogP contribution >= 0.6 is 24.0 Å². The molecule has 21 heavy (non-hydrogen) atoms. The fraction of sp³-hybridized carbons (Fsp3) is 0.538. The molecule has 0 unspecified atom stereocenters. The lowest BCUT2D eigenvalue weighted by Gasteiger charge is -2.35. The van der Waals surface area contributed by atoms with Gasteiger partial charge in [-0.1, -0.05) is 17.7 Å². The molecule has 0 bridgehead atoms. The smallest absolute Gasteiger partial charge is 0.314 e. The lowest BCUT2D eigenvalue weighted by atomic mass is 10.0. The van der Waals surface area contributed by atoms with Crippen LogP contribution in [0.2, 0.25) is 5.02 Å². The Kier molecular flexibility index (Phi) is 6.71. The minimum absolute atomic E-state index is 0. The van der Waals surface area contributed by atoms with Gasteiger partial charge in [-0.25, -0.2) is 4.39 Å². The van der Waals surface area contributed by atoms with Crippen molar-refractivity contribution in [2.24, 2.45) is 0 Å². The Morgan fingerprint density at radius 2 is 1.86 bits per heavy atom. The molecule has 1 atom stereocenters. The normalized spacial score (nSPS) is 18.1. The number of rotatable bonds is 3. The van der Waals surface area contributed by atoms with Gasteiger partial charge in [0.15, 0.2) is 0 Å². The largest absolute Gasteiger partial charge is 0.390 e. The second kappa shape index (κ2) is 7.63. The summed E-state index contributed by atoms with van der Waals surface area (Å²) in [6, 6.07) is 2.95. The molecule has 0 aliphatic carbocycles. The highest BCUT2D eigenvalue weighted by Crippen LogP contribution is 2.35. The molecule has 0 saturated carbocycles. The molecule has 8 heteroatoms. The summed E-state index contributed by atoms with van der Waals surface area (Å²) in [6.07, 6.45) is -5.24. The summed E-state index contributed by atoms with van der Waals surface area (Å²) in [6.45, 7) is 2.33. The average Bonchev–Trinajstić information content (AvgIpc) is 2.39. The van der Waals surface area contributed by atoms with E-state index in [1.54, 1.807) is 4.90 Å². The van der Waals surface area contributed by atoms with Crippen molar-refractivity contribution in [2.75, 3.05) is 26.2 Å². The quantitative estimate of drug-likeness (QED) is 0.837. The van der Waals surface area contributed by atoms with E-state index in [1.165, 1.54) is 12.1 Å². The summed E-state index contributed by atoms with van der Waals surface area (Å²) < 4.78 is 51.5. The SMILES string of the molecule is Cl.Fc1ccc([C@@H](CC(F)(F)F)N2CCNCC2)cc1Cl. The molecular weight excluding hydrogens is 331 g/mol. The third kappa shape index (κ3) is 5.29. The van der Waals surface area contributed by atoms with Crippen molar-refractivity contribution < 1.29 is 17.6 Å². The third-order valence-corrected chi connectivity index (χ3v) is 3.64. The number of hydrogen-bond donors (Lipinski definition) is 1. The van der Waals surface area contributed by atoms with E-state index in [1.807, 2.05) is 0 Å². The summed E-state index contributed by atoms with van der Waals surface area (Å²) in [5.41, 5.74) is 0.399. The van der Waals surface area contributed by atoms with Crippen LogP contribution in [0.5, 0.6) is 0 Å². The predicted molar refractivity (Wildman–Crippen MR) is 76.5 cm³/mol. The van der Waals surface area contributed by atoms with E-state index in [-0.39, 0.29) is 17.4 Å². The summed E-state index contributed by atoms with van der Waals surface area (Å²) in [5.74, 6) is -0.624. The Morgan fingerprint density at radius 1 is 1.24 bits per heavy atom. The first-order valence-corrected chi connectivity index (χ1v) is 6.71. The summed E-state index contributed by atoms with van der Waals surface area (Å²) in [4.78, 5) is 1.76. The predicted octanol–water partition coefficient (Wildman–Crippen LogP) is 3.80. The molecule has 2 nitrogen and oxygen atoms in total. The molecule has 1 saturated heterocycles. The standard InChI is InChI=1S/C13H15ClF4N2.ClH/c14-10-7-9(1-2-11(10)15)12(8-13(16,17)18)20-5-3-19-4-6-20;/h1-2,7,12,19H,3-6,8H2;1H/t12-;/m1./s1. The van der Waals surface area contributed by atoms with Gasteiger partial charge >= 0.3 is 6.18 Å². The topological polar surface area (TPSA) is 15.3 Å². The van der Waals surface area contributed by atoms with Crippen molar-refractivity contribution in [3.63, 3.8) is 0 Å². The Labute approximate surface area is 131 Å². The molecular formula is C13H16Cl2F4N2. The monoisotopic (exact) mass is 346 g/mol. The van der Waals surface area contributed by atoms with Gasteiger partial charge in [0.1, 0.15) is 5.82 Å². The van der Waals surface area contributed by atoms with E-state index in [0.29, 0.717) is 31.7 Å². The van der Waals surface area contributed by atoms with Crippen molar-refractivity contribution in [1.82, 2.24) is 10.2 Å². The summed E-state index contributed by atoms with van der Waals surface area (Å²) in [7, 11) is 0. The van der Waals surface area contributed by atoms with Crippen LogP contribution in [0.4, 0.5) is 17.6 Å². The average molecular weight is 347 g/mol. The van der Waals surface area contributed by atoms with Crippen molar-refractivity contribution in [2.45, 2.75) is 18.6 Å². The van der Waals surface area contributed by atoms with Gasteiger partial charge in [0.25, 0.3) is 0 Å². The van der Waals surface area contributed by atoms with Gasteiger partial charge in [-0.2, -0.15) is 13.2 Å². The number of benzene rings is 1. The van der Waals surface area contributed by atoms with E-state index in [2.05, 4.69) is 5.32 Å². The number of nitrogens with zero attached hydrogens (tertiary/aromatic N) is 1. The minimum Gasteiger partial charge on any atom is -0.314 e. The van der Waals surface area contributed by atoms with Crippen LogP contribution in [-0.4, -0.2) is 37.3 Å². The number of hydrogen-bond acceptors (Lipinski definition) is 2. The zero-order chi connectivity index (χ0) is 14.8. The van der Waals surface area contributed by atoms with Crippen LogP contribution in [0.3, 0.4) is 0 Å². The Bertz CT molecular complexity index is 462. The van der Waals surface area contributed by atoms with Gasteiger partial charge in [-0.15, -0.1) is 12.4 Å². The van der Waals surface area contributed by atoms with Crippen LogP contribution in [-0.2, 0) is 0 Å². The highest BCUT2D eigenvalue weighted by molar-refractivity contribution is 6.30. The zero-order valence-corrected chi connectivity index (χ0v) is 12.7. The summed E-state index contributed by atoms with van der Waals surface area (Å²) in [5, 5.41) is 2.95. The third-order valence-electron chi connectivity index (χ3n) is 3.35. The van der Waals surface area contributed by atoms with Gasteiger partial charge in [0.2, 0.25) is 0 Å². The molecule has 0 spiro atoms. The number of halogens is 6.